The first-order chi connectivity index (χ1) is 11.9. The van der Waals surface area contributed by atoms with Crippen LogP contribution in [0.5, 0.6) is 0 Å². The van der Waals surface area contributed by atoms with Gasteiger partial charge in [0.15, 0.2) is 10.7 Å². The monoisotopic (exact) mass is 353 g/mol. The van der Waals surface area contributed by atoms with Crippen molar-refractivity contribution in [3.63, 3.8) is 0 Å². The summed E-state index contributed by atoms with van der Waals surface area (Å²) in [7, 11) is 0. The molecule has 1 amide bonds. The van der Waals surface area contributed by atoms with Gasteiger partial charge in [0.2, 0.25) is 11.8 Å². The number of amides is 1. The van der Waals surface area contributed by atoms with Gasteiger partial charge in [-0.3, -0.25) is 4.79 Å². The van der Waals surface area contributed by atoms with Gasteiger partial charge in [-0.05, 0) is 56.4 Å². The molecule has 2 N–H and O–H groups in total. The number of thiocarbonyl (C=S) groups is 1. The van der Waals surface area contributed by atoms with Crippen LogP contribution in [0.4, 0.5) is 5.69 Å². The zero-order valence-electron chi connectivity index (χ0n) is 14.3. The Morgan fingerprint density at radius 3 is 2.56 bits per heavy atom. The number of oxazole rings is 1. The van der Waals surface area contributed by atoms with Crippen LogP contribution in [0.3, 0.4) is 0 Å². The van der Waals surface area contributed by atoms with Gasteiger partial charge in [0.25, 0.3) is 0 Å². The molecule has 0 saturated carbocycles. The molecule has 0 aliphatic carbocycles. The van der Waals surface area contributed by atoms with E-state index in [4.69, 9.17) is 16.6 Å². The number of carbonyl (C=O) groups excluding carboxylic acids is 1. The molecule has 3 rings (SSSR count). The molecule has 0 spiro atoms. The Morgan fingerprint density at radius 2 is 1.88 bits per heavy atom. The number of fused-ring (bicyclic) bond motifs is 1. The summed E-state index contributed by atoms with van der Waals surface area (Å²) in [6.07, 6.45) is 0.378. The molecule has 0 radical (unpaired) electrons. The fourth-order valence-electron chi connectivity index (χ4n) is 2.60. The van der Waals surface area contributed by atoms with Crippen LogP contribution in [0, 0.1) is 13.8 Å². The average molecular weight is 353 g/mol. The first kappa shape index (κ1) is 17.1. The lowest BCUT2D eigenvalue weighted by Gasteiger charge is -2.08. The van der Waals surface area contributed by atoms with Crippen molar-refractivity contribution < 1.29 is 9.21 Å². The van der Waals surface area contributed by atoms with Crippen LogP contribution >= 0.6 is 12.2 Å². The maximum absolute atomic E-state index is 11.4. The number of hydrogen-bond acceptors (Lipinski definition) is 4. The largest absolute Gasteiger partial charge is 0.436 e. The third-order valence-electron chi connectivity index (χ3n) is 3.69. The smallest absolute Gasteiger partial charge is 0.227 e. The van der Waals surface area contributed by atoms with E-state index in [1.807, 2.05) is 44.2 Å². The number of nitrogens with zero attached hydrogens (tertiary/aromatic N) is 1. The zero-order chi connectivity index (χ0) is 18.0. The number of carbonyl (C=O) groups is 1. The highest BCUT2D eigenvalue weighted by Gasteiger charge is 2.10. The Bertz CT molecular complexity index is 942. The van der Waals surface area contributed by atoms with Gasteiger partial charge in [-0.2, -0.15) is 0 Å². The summed E-state index contributed by atoms with van der Waals surface area (Å²) in [5, 5.41) is 5.86. The van der Waals surface area contributed by atoms with E-state index in [9.17, 15) is 4.79 Å². The van der Waals surface area contributed by atoms with Crippen molar-refractivity contribution in [1.29, 1.82) is 0 Å². The first-order valence-electron chi connectivity index (χ1n) is 8.04. The van der Waals surface area contributed by atoms with Gasteiger partial charge in [-0.15, -0.1) is 0 Å². The zero-order valence-corrected chi connectivity index (χ0v) is 15.2. The number of anilines is 1. The van der Waals surface area contributed by atoms with Crippen molar-refractivity contribution in [2.75, 3.05) is 5.32 Å². The standard InChI is InChI=1S/C19H19N3O2S/c1-4-17(23)22-19(25)20-14-5-6-16-15(10-14)21-18(24-16)13-8-11(2)7-12(3)9-13/h5-10H,4H2,1-3H3,(H2,20,22,23,25). The SMILES string of the molecule is CCC(=O)NC(=S)Nc1ccc2oc(-c3cc(C)cc(C)c3)nc2c1. The minimum atomic E-state index is -0.128. The van der Waals surface area contributed by atoms with E-state index in [2.05, 4.69) is 21.7 Å². The van der Waals surface area contributed by atoms with Gasteiger partial charge in [0.05, 0.1) is 0 Å². The van der Waals surface area contributed by atoms with Crippen molar-refractivity contribution in [1.82, 2.24) is 10.3 Å². The Morgan fingerprint density at radius 1 is 1.16 bits per heavy atom. The Kier molecular flexibility index (Phi) is 4.81. The maximum Gasteiger partial charge on any atom is 0.227 e. The predicted molar refractivity (Wildman–Crippen MR) is 104 cm³/mol. The van der Waals surface area contributed by atoms with Gasteiger partial charge in [0.1, 0.15) is 5.52 Å². The second-order valence-corrected chi connectivity index (χ2v) is 6.34. The normalized spacial score (nSPS) is 10.7. The summed E-state index contributed by atoms with van der Waals surface area (Å²) in [6, 6.07) is 11.7. The van der Waals surface area contributed by atoms with Crippen LogP contribution in [0.1, 0.15) is 24.5 Å². The van der Waals surface area contributed by atoms with Crippen LogP contribution in [0.2, 0.25) is 0 Å². The molecule has 1 aromatic heterocycles. The quantitative estimate of drug-likeness (QED) is 0.686. The molecular formula is C19H19N3O2S. The lowest BCUT2D eigenvalue weighted by molar-refractivity contribution is -0.119. The highest BCUT2D eigenvalue weighted by atomic mass is 32.1. The summed E-state index contributed by atoms with van der Waals surface area (Å²) < 4.78 is 5.86. The fraction of sp³-hybridized carbons (Fsp3) is 0.211. The van der Waals surface area contributed by atoms with E-state index in [1.54, 1.807) is 6.92 Å². The highest BCUT2D eigenvalue weighted by Crippen LogP contribution is 2.27. The van der Waals surface area contributed by atoms with Crippen molar-refractivity contribution in [3.05, 3.63) is 47.5 Å². The van der Waals surface area contributed by atoms with E-state index in [-0.39, 0.29) is 11.0 Å². The number of nitrogens with one attached hydrogen (secondary N) is 2. The topological polar surface area (TPSA) is 67.2 Å². The molecule has 0 fully saturated rings. The molecule has 0 atom stereocenters. The van der Waals surface area contributed by atoms with Crippen LogP contribution in [0.15, 0.2) is 40.8 Å². The van der Waals surface area contributed by atoms with Gasteiger partial charge in [0, 0.05) is 17.7 Å². The lowest BCUT2D eigenvalue weighted by atomic mass is 10.1. The molecule has 0 aliphatic heterocycles. The van der Waals surface area contributed by atoms with Crippen molar-refractivity contribution in [2.24, 2.45) is 0 Å². The van der Waals surface area contributed by atoms with E-state index in [0.29, 0.717) is 17.9 Å². The second-order valence-electron chi connectivity index (χ2n) is 5.93. The maximum atomic E-state index is 11.4. The van der Waals surface area contributed by atoms with Crippen LogP contribution < -0.4 is 10.6 Å². The van der Waals surface area contributed by atoms with Crippen LogP contribution in [-0.2, 0) is 4.79 Å². The van der Waals surface area contributed by atoms with Gasteiger partial charge >= 0.3 is 0 Å². The molecule has 2 aromatic carbocycles. The number of aromatic nitrogens is 1. The summed E-state index contributed by atoms with van der Waals surface area (Å²) in [6.45, 7) is 5.87. The summed E-state index contributed by atoms with van der Waals surface area (Å²) in [5.74, 6) is 0.456. The Balaban J connectivity index is 1.86. The van der Waals surface area contributed by atoms with Crippen molar-refractivity contribution in [2.45, 2.75) is 27.2 Å². The summed E-state index contributed by atoms with van der Waals surface area (Å²) in [5.41, 5.74) is 5.45. The highest BCUT2D eigenvalue weighted by molar-refractivity contribution is 7.80. The molecule has 0 unspecified atom stereocenters. The lowest BCUT2D eigenvalue weighted by Crippen LogP contribution is -2.33. The van der Waals surface area contributed by atoms with Crippen LogP contribution in [0.25, 0.3) is 22.6 Å². The fourth-order valence-corrected chi connectivity index (χ4v) is 2.84. The molecule has 6 heteroatoms. The number of hydrogen-bond donors (Lipinski definition) is 2. The van der Waals surface area contributed by atoms with Crippen molar-refractivity contribution in [3.8, 4) is 11.5 Å². The predicted octanol–water partition coefficient (Wildman–Crippen LogP) is 4.33. The van der Waals surface area contributed by atoms with Crippen LogP contribution in [-0.4, -0.2) is 16.0 Å². The molecule has 25 heavy (non-hydrogen) atoms. The summed E-state index contributed by atoms with van der Waals surface area (Å²) in [4.78, 5) is 15.9. The minimum absolute atomic E-state index is 0.128. The summed E-state index contributed by atoms with van der Waals surface area (Å²) >= 11 is 5.12. The molecule has 0 bridgehead atoms. The second kappa shape index (κ2) is 7.03. The number of benzene rings is 2. The van der Waals surface area contributed by atoms with E-state index in [0.717, 1.165) is 27.9 Å². The molecule has 128 valence electrons. The minimum Gasteiger partial charge on any atom is -0.436 e. The molecule has 1 heterocycles. The van der Waals surface area contributed by atoms with E-state index in [1.165, 1.54) is 0 Å². The van der Waals surface area contributed by atoms with E-state index >= 15 is 0 Å². The third-order valence-corrected chi connectivity index (χ3v) is 3.89. The molecule has 0 aliphatic rings. The number of aryl methyl sites for hydroxylation is 2. The molecule has 5 nitrogen and oxygen atoms in total. The number of rotatable bonds is 3. The van der Waals surface area contributed by atoms with Gasteiger partial charge in [-0.1, -0.05) is 24.1 Å². The van der Waals surface area contributed by atoms with Gasteiger partial charge in [-0.25, -0.2) is 4.98 Å². The average Bonchev–Trinajstić information content (AvgIpc) is 2.97. The van der Waals surface area contributed by atoms with Crippen molar-refractivity contribution >= 4 is 40.0 Å². The molecule has 3 aromatic rings. The molecule has 0 saturated heterocycles. The first-order valence-corrected chi connectivity index (χ1v) is 8.45. The Hall–Kier alpha value is -2.73. The van der Waals surface area contributed by atoms with Gasteiger partial charge < -0.3 is 15.1 Å². The molecular weight excluding hydrogens is 334 g/mol. The third kappa shape index (κ3) is 4.03. The van der Waals surface area contributed by atoms with E-state index < -0.39 is 0 Å². The Labute approximate surface area is 151 Å².